The van der Waals surface area contributed by atoms with E-state index in [1.54, 1.807) is 12.1 Å². The van der Waals surface area contributed by atoms with E-state index in [2.05, 4.69) is 16.6 Å². The van der Waals surface area contributed by atoms with Gasteiger partial charge in [0.25, 0.3) is 5.79 Å². The van der Waals surface area contributed by atoms with E-state index in [4.69, 9.17) is 25.7 Å². The Morgan fingerprint density at radius 2 is 1.86 bits per heavy atom. The van der Waals surface area contributed by atoms with Crippen LogP contribution >= 0.6 is 0 Å². The summed E-state index contributed by atoms with van der Waals surface area (Å²) in [5.41, 5.74) is 0.494. The van der Waals surface area contributed by atoms with Crippen molar-refractivity contribution in [2.75, 3.05) is 33.0 Å². The maximum absolute atomic E-state index is 12.3. The molecule has 2 amide bonds. The Bertz CT molecular complexity index is 1060. The summed E-state index contributed by atoms with van der Waals surface area (Å²) in [6, 6.07) is 4.55. The molecular weight excluding hydrogens is 556 g/mol. The van der Waals surface area contributed by atoms with Gasteiger partial charge in [-0.05, 0) is 30.5 Å². The zero-order valence-electron chi connectivity index (χ0n) is 23.2. The van der Waals surface area contributed by atoms with Crippen molar-refractivity contribution in [2.45, 2.75) is 74.8 Å². The van der Waals surface area contributed by atoms with Crippen LogP contribution in [0, 0.1) is 12.3 Å². The Labute approximate surface area is 243 Å². The monoisotopic (exact) mass is 596 g/mol. The van der Waals surface area contributed by atoms with Crippen LogP contribution in [0.5, 0.6) is 5.75 Å². The number of phenols is 1. The number of aromatic hydroxyl groups is 1. The number of carbonyl (C=O) groups excluding carboxylic acids is 2. The number of nitrogens with one attached hydrogen (secondary N) is 2. The molecule has 1 aliphatic rings. The van der Waals surface area contributed by atoms with E-state index in [9.17, 15) is 39.9 Å². The molecule has 0 radical (unpaired) electrons. The lowest BCUT2D eigenvalue weighted by Crippen LogP contribution is -2.68. The van der Waals surface area contributed by atoms with E-state index >= 15 is 0 Å². The molecule has 0 unspecified atom stereocenters. The Hall–Kier alpha value is -3.29. The third-order valence-corrected chi connectivity index (χ3v) is 6.59. The van der Waals surface area contributed by atoms with Crippen molar-refractivity contribution in [1.82, 2.24) is 10.6 Å². The summed E-state index contributed by atoms with van der Waals surface area (Å²) in [7, 11) is 0. The summed E-state index contributed by atoms with van der Waals surface area (Å²) < 4.78 is 16.4. The summed E-state index contributed by atoms with van der Waals surface area (Å²) >= 11 is 0. The highest BCUT2D eigenvalue weighted by Crippen LogP contribution is 2.34. The number of hydrogen-bond acceptors (Lipinski definition) is 11. The van der Waals surface area contributed by atoms with Crippen molar-refractivity contribution >= 4 is 17.8 Å². The Morgan fingerprint density at radius 1 is 1.14 bits per heavy atom. The maximum atomic E-state index is 12.3. The number of aliphatic hydroxyl groups excluding tert-OH is 4. The molecule has 0 saturated carbocycles. The molecule has 1 heterocycles. The summed E-state index contributed by atoms with van der Waals surface area (Å²) in [6.07, 6.45) is -0.0332. The smallest absolute Gasteiger partial charge is 0.364 e. The number of phenolic OH excluding ortho intramolecular Hbond substituents is 1. The van der Waals surface area contributed by atoms with Crippen molar-refractivity contribution in [3.05, 3.63) is 29.8 Å². The predicted molar refractivity (Wildman–Crippen MR) is 146 cm³/mol. The lowest BCUT2D eigenvalue weighted by atomic mass is 9.88. The van der Waals surface area contributed by atoms with Crippen LogP contribution in [-0.4, -0.2) is 118 Å². The van der Waals surface area contributed by atoms with Gasteiger partial charge in [-0.25, -0.2) is 4.79 Å². The van der Waals surface area contributed by atoms with Gasteiger partial charge in [0.2, 0.25) is 11.8 Å². The van der Waals surface area contributed by atoms with Crippen LogP contribution in [0.1, 0.15) is 37.7 Å². The largest absolute Gasteiger partial charge is 0.508 e. The molecule has 0 spiro atoms. The van der Waals surface area contributed by atoms with Crippen LogP contribution in [0.4, 0.5) is 0 Å². The number of aliphatic hydroxyl groups is 4. The minimum atomic E-state index is -2.42. The number of rotatable bonds is 18. The summed E-state index contributed by atoms with van der Waals surface area (Å²) in [5, 5.41) is 65.8. The lowest BCUT2D eigenvalue weighted by molar-refractivity contribution is -0.310. The number of benzene rings is 1. The standard InChI is InChI=1S/C28H40N2O12/c1-2-10-40-11-5-3-4-6-12-41-28(27(38)39)15-20(33)24(30-23(36)17-31)26(42-28)25(37)21(34)16-29-22(35)14-18-8-7-9-19(32)13-18/h1,7-9,13,20-21,24-26,31-34,37H,3-6,10-12,14-17H2,(H,29,35)(H,30,36)(H,38,39)/t20-,21+,24+,25+,26+,28+/m0/s1. The number of ether oxygens (including phenoxy) is 3. The van der Waals surface area contributed by atoms with Crippen LogP contribution in [0.25, 0.3) is 0 Å². The van der Waals surface area contributed by atoms with Crippen molar-refractivity contribution < 1.29 is 59.2 Å². The molecule has 1 fully saturated rings. The van der Waals surface area contributed by atoms with Gasteiger partial charge in [-0.2, -0.15) is 0 Å². The molecule has 1 aliphatic heterocycles. The SMILES string of the molecule is C#CCOCCCCCCO[C@]1(C(=O)O)C[C@H](O)[C@@H](NC(=O)CO)[C@H]([C@H](O)[C@H](O)CNC(=O)Cc2cccc(O)c2)O1. The minimum Gasteiger partial charge on any atom is -0.508 e. The second kappa shape index (κ2) is 17.6. The molecular formula is C28H40N2O12. The molecule has 6 atom stereocenters. The summed E-state index contributed by atoms with van der Waals surface area (Å²) in [4.78, 5) is 36.5. The number of carbonyl (C=O) groups is 3. The van der Waals surface area contributed by atoms with Crippen molar-refractivity contribution in [1.29, 1.82) is 0 Å². The molecule has 0 aliphatic carbocycles. The summed E-state index contributed by atoms with van der Waals surface area (Å²) in [5.74, 6) is -3.17. The predicted octanol–water partition coefficient (Wildman–Crippen LogP) is -1.59. The van der Waals surface area contributed by atoms with Gasteiger partial charge < -0.3 is 55.5 Å². The van der Waals surface area contributed by atoms with E-state index in [1.165, 1.54) is 12.1 Å². The molecule has 1 aromatic carbocycles. The van der Waals surface area contributed by atoms with Gasteiger partial charge in [0.15, 0.2) is 0 Å². The lowest BCUT2D eigenvalue weighted by Gasteiger charge is -2.46. The fourth-order valence-electron chi connectivity index (χ4n) is 4.45. The fourth-order valence-corrected chi connectivity index (χ4v) is 4.45. The third-order valence-electron chi connectivity index (χ3n) is 6.59. The normalized spacial score (nSPS) is 23.4. The molecule has 14 heteroatoms. The average molecular weight is 597 g/mol. The Morgan fingerprint density at radius 3 is 2.50 bits per heavy atom. The number of carboxylic acids is 1. The molecule has 1 saturated heterocycles. The van der Waals surface area contributed by atoms with Gasteiger partial charge in [0, 0.05) is 19.6 Å². The number of aliphatic carboxylic acids is 1. The van der Waals surface area contributed by atoms with E-state index in [-0.39, 0.29) is 25.4 Å². The molecule has 0 aromatic heterocycles. The van der Waals surface area contributed by atoms with Gasteiger partial charge in [-0.3, -0.25) is 9.59 Å². The molecule has 2 rings (SSSR count). The number of carboxylic acid groups (broad SMARTS) is 1. The van der Waals surface area contributed by atoms with Crippen LogP contribution in [0.15, 0.2) is 24.3 Å². The van der Waals surface area contributed by atoms with Gasteiger partial charge >= 0.3 is 5.97 Å². The van der Waals surface area contributed by atoms with Gasteiger partial charge in [-0.15, -0.1) is 6.42 Å². The van der Waals surface area contributed by atoms with E-state index in [0.717, 1.165) is 12.8 Å². The molecule has 42 heavy (non-hydrogen) atoms. The average Bonchev–Trinajstić information content (AvgIpc) is 2.95. The Kier molecular flexibility index (Phi) is 14.6. The highest BCUT2D eigenvalue weighted by Gasteiger charge is 2.55. The highest BCUT2D eigenvalue weighted by molar-refractivity contribution is 5.79. The Balaban J connectivity index is 2.06. The number of amides is 2. The first-order valence-electron chi connectivity index (χ1n) is 13.6. The summed E-state index contributed by atoms with van der Waals surface area (Å²) in [6.45, 7) is -0.834. The number of hydrogen-bond donors (Lipinski definition) is 8. The van der Waals surface area contributed by atoms with Crippen LogP contribution in [-0.2, 0) is 35.0 Å². The van der Waals surface area contributed by atoms with Crippen molar-refractivity contribution in [3.8, 4) is 18.1 Å². The second-order valence-corrected chi connectivity index (χ2v) is 9.89. The third kappa shape index (κ3) is 10.8. The number of terminal acetylenes is 1. The molecule has 8 N–H and O–H groups in total. The topological polar surface area (TPSA) is 224 Å². The molecule has 0 bridgehead atoms. The van der Waals surface area contributed by atoms with Crippen LogP contribution in [0.3, 0.4) is 0 Å². The molecule has 14 nitrogen and oxygen atoms in total. The van der Waals surface area contributed by atoms with Crippen molar-refractivity contribution in [2.24, 2.45) is 0 Å². The first kappa shape index (κ1) is 34.9. The van der Waals surface area contributed by atoms with E-state index in [1.807, 2.05) is 0 Å². The zero-order chi connectivity index (χ0) is 31.1. The second-order valence-electron chi connectivity index (χ2n) is 9.89. The van der Waals surface area contributed by atoms with E-state index < -0.39 is 73.6 Å². The quantitative estimate of drug-likeness (QED) is 0.0709. The van der Waals surface area contributed by atoms with Gasteiger partial charge in [0.1, 0.15) is 31.2 Å². The highest BCUT2D eigenvalue weighted by atomic mass is 16.7. The fraction of sp³-hybridized carbons (Fsp3) is 0.607. The van der Waals surface area contributed by atoms with Crippen LogP contribution in [0.2, 0.25) is 0 Å². The van der Waals surface area contributed by atoms with Crippen LogP contribution < -0.4 is 10.6 Å². The molecule has 234 valence electrons. The van der Waals surface area contributed by atoms with Crippen molar-refractivity contribution in [3.63, 3.8) is 0 Å². The zero-order valence-corrected chi connectivity index (χ0v) is 23.2. The first-order valence-corrected chi connectivity index (χ1v) is 13.6. The minimum absolute atomic E-state index is 0.0328. The van der Waals surface area contributed by atoms with Gasteiger partial charge in [-0.1, -0.05) is 30.9 Å². The first-order chi connectivity index (χ1) is 20.0. The van der Waals surface area contributed by atoms with E-state index in [0.29, 0.717) is 25.0 Å². The molecule has 1 aromatic rings. The number of unbranched alkanes of at least 4 members (excludes halogenated alkanes) is 3. The van der Waals surface area contributed by atoms with Gasteiger partial charge in [0.05, 0.1) is 31.3 Å². The maximum Gasteiger partial charge on any atom is 0.364 e.